The highest BCUT2D eigenvalue weighted by Gasteiger charge is 2.12. The molecule has 25 heavy (non-hydrogen) atoms. The van der Waals surface area contributed by atoms with Gasteiger partial charge in [-0.25, -0.2) is 0 Å². The summed E-state index contributed by atoms with van der Waals surface area (Å²) in [6.45, 7) is 7.67. The Bertz CT molecular complexity index is 720. The number of hydrogen-bond donors (Lipinski definition) is 1. The van der Waals surface area contributed by atoms with Gasteiger partial charge in [0.05, 0.1) is 16.7 Å². The molecule has 0 aliphatic rings. The van der Waals surface area contributed by atoms with Crippen molar-refractivity contribution >= 4 is 34.8 Å². The zero-order valence-electron chi connectivity index (χ0n) is 14.5. The van der Waals surface area contributed by atoms with E-state index in [0.717, 1.165) is 11.1 Å². The Morgan fingerprint density at radius 3 is 2.28 bits per heavy atom. The van der Waals surface area contributed by atoms with Gasteiger partial charge in [0.25, 0.3) is 0 Å². The molecule has 2 aromatic carbocycles. The first-order chi connectivity index (χ1) is 11.9. The fourth-order valence-corrected chi connectivity index (χ4v) is 2.74. The van der Waals surface area contributed by atoms with Gasteiger partial charge in [0.1, 0.15) is 6.61 Å². The molecule has 136 valence electrons. The molecule has 2 aromatic rings. The number of rotatable bonds is 8. The minimum atomic E-state index is 0.344. The molecule has 0 saturated carbocycles. The van der Waals surface area contributed by atoms with Crippen LogP contribution in [0, 0.1) is 0 Å². The van der Waals surface area contributed by atoms with Crippen molar-refractivity contribution in [3.05, 3.63) is 56.5 Å². The predicted molar refractivity (Wildman–Crippen MR) is 105 cm³/mol. The molecule has 0 spiro atoms. The summed E-state index contributed by atoms with van der Waals surface area (Å²) in [7, 11) is 0. The van der Waals surface area contributed by atoms with Gasteiger partial charge in [-0.1, -0.05) is 54.7 Å². The summed E-state index contributed by atoms with van der Waals surface area (Å²) in [5, 5.41) is 5.01. The van der Waals surface area contributed by atoms with Crippen LogP contribution in [0.5, 0.6) is 11.5 Å². The minimum absolute atomic E-state index is 0.344. The van der Waals surface area contributed by atoms with Gasteiger partial charge >= 0.3 is 0 Å². The third-order valence-electron chi connectivity index (χ3n) is 3.49. The fourth-order valence-electron chi connectivity index (χ4n) is 2.20. The molecule has 0 atom stereocenters. The van der Waals surface area contributed by atoms with E-state index in [4.69, 9.17) is 44.3 Å². The van der Waals surface area contributed by atoms with Crippen molar-refractivity contribution < 1.29 is 9.47 Å². The number of ether oxygens (including phenoxy) is 2. The van der Waals surface area contributed by atoms with Crippen molar-refractivity contribution in [1.29, 1.82) is 0 Å². The summed E-state index contributed by atoms with van der Waals surface area (Å²) < 4.78 is 11.6. The Balaban J connectivity index is 2.17. The fraction of sp³-hybridized carbons (Fsp3) is 0.368. The average molecular weight is 403 g/mol. The predicted octanol–water partition coefficient (Wildman–Crippen LogP) is 6.12. The molecule has 0 bridgehead atoms. The van der Waals surface area contributed by atoms with Gasteiger partial charge in [-0.2, -0.15) is 0 Å². The van der Waals surface area contributed by atoms with E-state index in [1.807, 2.05) is 19.1 Å². The molecule has 0 aliphatic carbocycles. The lowest BCUT2D eigenvalue weighted by molar-refractivity contribution is 0.269. The van der Waals surface area contributed by atoms with Crippen molar-refractivity contribution in [3.8, 4) is 11.5 Å². The minimum Gasteiger partial charge on any atom is -0.490 e. The summed E-state index contributed by atoms with van der Waals surface area (Å²) in [4.78, 5) is 0. The van der Waals surface area contributed by atoms with Gasteiger partial charge < -0.3 is 14.8 Å². The van der Waals surface area contributed by atoms with E-state index in [1.54, 1.807) is 18.2 Å². The number of halogens is 3. The van der Waals surface area contributed by atoms with Gasteiger partial charge in [0.15, 0.2) is 11.5 Å². The Hall–Kier alpha value is -1.13. The second-order valence-electron chi connectivity index (χ2n) is 5.90. The molecule has 6 heteroatoms. The maximum atomic E-state index is 6.40. The quantitative estimate of drug-likeness (QED) is 0.576. The highest BCUT2D eigenvalue weighted by Crippen LogP contribution is 2.34. The van der Waals surface area contributed by atoms with E-state index in [9.17, 15) is 0 Å². The molecular weight excluding hydrogens is 381 g/mol. The van der Waals surface area contributed by atoms with E-state index < -0.39 is 0 Å². The maximum Gasteiger partial charge on any atom is 0.163 e. The lowest BCUT2D eigenvalue weighted by Crippen LogP contribution is -2.22. The van der Waals surface area contributed by atoms with E-state index in [-0.39, 0.29) is 0 Å². The standard InChI is InChI=1S/C19H22Cl3NO2/c1-4-24-18-8-14(10-23-12(2)3)16(21)9-19(18)25-11-13-5-6-15(20)17(22)7-13/h5-9,12,23H,4,10-11H2,1-3H3. The molecule has 3 nitrogen and oxygen atoms in total. The van der Waals surface area contributed by atoms with Crippen LogP contribution >= 0.6 is 34.8 Å². The summed E-state index contributed by atoms with van der Waals surface area (Å²) >= 11 is 18.4. The molecule has 0 heterocycles. The SMILES string of the molecule is CCOc1cc(CNC(C)C)c(Cl)cc1OCc1ccc(Cl)c(Cl)c1. The molecule has 0 amide bonds. The van der Waals surface area contributed by atoms with Crippen LogP contribution in [0.2, 0.25) is 15.1 Å². The van der Waals surface area contributed by atoms with Gasteiger partial charge in [-0.05, 0) is 36.2 Å². The Kier molecular flexibility index (Phi) is 7.70. The monoisotopic (exact) mass is 401 g/mol. The largest absolute Gasteiger partial charge is 0.490 e. The maximum absolute atomic E-state index is 6.40. The molecule has 0 aliphatic heterocycles. The van der Waals surface area contributed by atoms with E-state index in [0.29, 0.717) is 52.4 Å². The molecule has 1 N–H and O–H groups in total. The molecule has 0 aromatic heterocycles. The highest BCUT2D eigenvalue weighted by atomic mass is 35.5. The topological polar surface area (TPSA) is 30.5 Å². The second kappa shape index (κ2) is 9.54. The van der Waals surface area contributed by atoms with Gasteiger partial charge in [0.2, 0.25) is 0 Å². The average Bonchev–Trinajstić information content (AvgIpc) is 2.56. The first-order valence-corrected chi connectivity index (χ1v) is 9.29. The zero-order valence-corrected chi connectivity index (χ0v) is 16.8. The Labute approximate surface area is 164 Å². The summed E-state index contributed by atoms with van der Waals surface area (Å²) in [5.41, 5.74) is 1.89. The number of benzene rings is 2. The van der Waals surface area contributed by atoms with E-state index in [1.165, 1.54) is 0 Å². The first kappa shape index (κ1) is 20.2. The third-order valence-corrected chi connectivity index (χ3v) is 4.58. The summed E-state index contributed by atoms with van der Waals surface area (Å²) in [6, 6.07) is 9.49. The molecule has 0 unspecified atom stereocenters. The van der Waals surface area contributed by atoms with Crippen molar-refractivity contribution in [3.63, 3.8) is 0 Å². The van der Waals surface area contributed by atoms with Crippen LogP contribution in [-0.4, -0.2) is 12.6 Å². The van der Waals surface area contributed by atoms with E-state index >= 15 is 0 Å². The van der Waals surface area contributed by atoms with Crippen LogP contribution in [0.1, 0.15) is 31.9 Å². The van der Waals surface area contributed by atoms with Crippen LogP contribution < -0.4 is 14.8 Å². The Morgan fingerprint density at radius 1 is 0.920 bits per heavy atom. The van der Waals surface area contributed by atoms with Gasteiger partial charge in [-0.3, -0.25) is 0 Å². The van der Waals surface area contributed by atoms with Crippen molar-refractivity contribution in [2.45, 2.75) is 40.0 Å². The van der Waals surface area contributed by atoms with Gasteiger partial charge in [0, 0.05) is 23.7 Å². The second-order valence-corrected chi connectivity index (χ2v) is 7.12. The number of hydrogen-bond acceptors (Lipinski definition) is 3. The molecule has 0 saturated heterocycles. The lowest BCUT2D eigenvalue weighted by Gasteiger charge is -2.16. The number of nitrogens with one attached hydrogen (secondary N) is 1. The molecule has 0 fully saturated rings. The van der Waals surface area contributed by atoms with Crippen molar-refractivity contribution in [1.82, 2.24) is 5.32 Å². The summed E-state index contributed by atoms with van der Waals surface area (Å²) in [6.07, 6.45) is 0. The smallest absolute Gasteiger partial charge is 0.163 e. The summed E-state index contributed by atoms with van der Waals surface area (Å²) in [5.74, 6) is 1.28. The van der Waals surface area contributed by atoms with Crippen molar-refractivity contribution in [2.24, 2.45) is 0 Å². The normalized spacial score (nSPS) is 11.0. The van der Waals surface area contributed by atoms with Crippen molar-refractivity contribution in [2.75, 3.05) is 6.61 Å². The van der Waals surface area contributed by atoms with Crippen LogP contribution in [0.3, 0.4) is 0 Å². The van der Waals surface area contributed by atoms with E-state index in [2.05, 4.69) is 19.2 Å². The Morgan fingerprint density at radius 2 is 1.64 bits per heavy atom. The van der Waals surface area contributed by atoms with Crippen LogP contribution in [0.15, 0.2) is 30.3 Å². The lowest BCUT2D eigenvalue weighted by atomic mass is 10.2. The molecule has 2 rings (SSSR count). The highest BCUT2D eigenvalue weighted by molar-refractivity contribution is 6.42. The first-order valence-electron chi connectivity index (χ1n) is 8.16. The zero-order chi connectivity index (χ0) is 18.4. The van der Waals surface area contributed by atoms with Crippen LogP contribution in [0.25, 0.3) is 0 Å². The van der Waals surface area contributed by atoms with Crippen LogP contribution in [0.4, 0.5) is 0 Å². The van der Waals surface area contributed by atoms with Crippen LogP contribution in [-0.2, 0) is 13.2 Å². The third kappa shape index (κ3) is 5.96. The molecular formula is C19H22Cl3NO2. The molecule has 0 radical (unpaired) electrons. The van der Waals surface area contributed by atoms with Gasteiger partial charge in [-0.15, -0.1) is 0 Å².